The van der Waals surface area contributed by atoms with Gasteiger partial charge in [0.15, 0.2) is 11.6 Å². The highest BCUT2D eigenvalue weighted by Crippen LogP contribution is 2.36. The lowest BCUT2D eigenvalue weighted by molar-refractivity contribution is 0.389. The summed E-state index contributed by atoms with van der Waals surface area (Å²) in [5.74, 6) is 2.84. The lowest BCUT2D eigenvalue weighted by Gasteiger charge is -2.13. The molecule has 0 atom stereocenters. The van der Waals surface area contributed by atoms with Crippen molar-refractivity contribution in [1.82, 2.24) is 14.8 Å². The number of nitrogens with zero attached hydrogens (tertiary/aromatic N) is 3. The van der Waals surface area contributed by atoms with Crippen molar-refractivity contribution in [3.63, 3.8) is 0 Å². The number of methoxy groups -OCH3 is 2. The molecule has 2 N–H and O–H groups in total. The van der Waals surface area contributed by atoms with E-state index in [2.05, 4.69) is 10.1 Å². The van der Waals surface area contributed by atoms with Crippen LogP contribution in [-0.2, 0) is 13.6 Å². The zero-order valence-electron chi connectivity index (χ0n) is 11.6. The van der Waals surface area contributed by atoms with Gasteiger partial charge in [-0.15, -0.1) is 0 Å². The number of hydrogen-bond acceptors (Lipinski definition) is 5. The first-order valence-corrected chi connectivity index (χ1v) is 5.94. The standard InChI is InChI=1S/C13H18N4O2/c1-8-10(18-3)6-5-9(12(8)19-4)13-15-11(7-14)16-17(13)2/h5-6H,7,14H2,1-4H3. The van der Waals surface area contributed by atoms with Crippen LogP contribution in [0.5, 0.6) is 11.5 Å². The maximum atomic E-state index is 5.57. The van der Waals surface area contributed by atoms with E-state index in [1.165, 1.54) is 0 Å². The fraction of sp³-hybridized carbons (Fsp3) is 0.385. The Morgan fingerprint density at radius 3 is 2.53 bits per heavy atom. The third kappa shape index (κ3) is 2.26. The summed E-state index contributed by atoms with van der Waals surface area (Å²) < 4.78 is 12.5. The van der Waals surface area contributed by atoms with Crippen LogP contribution in [0.1, 0.15) is 11.4 Å². The van der Waals surface area contributed by atoms with Crippen molar-refractivity contribution in [3.8, 4) is 22.9 Å². The van der Waals surface area contributed by atoms with E-state index in [0.717, 1.165) is 28.5 Å². The molecule has 0 amide bonds. The molecule has 0 fully saturated rings. The zero-order chi connectivity index (χ0) is 14.0. The molecule has 6 nitrogen and oxygen atoms in total. The van der Waals surface area contributed by atoms with Gasteiger partial charge in [-0.05, 0) is 19.1 Å². The number of nitrogens with two attached hydrogens (primary N) is 1. The van der Waals surface area contributed by atoms with Crippen molar-refractivity contribution in [2.24, 2.45) is 12.8 Å². The fourth-order valence-corrected chi connectivity index (χ4v) is 2.09. The minimum absolute atomic E-state index is 0.311. The van der Waals surface area contributed by atoms with Gasteiger partial charge in [-0.3, -0.25) is 0 Å². The number of aryl methyl sites for hydroxylation is 1. The summed E-state index contributed by atoms with van der Waals surface area (Å²) in [6, 6.07) is 3.80. The van der Waals surface area contributed by atoms with Gasteiger partial charge >= 0.3 is 0 Å². The second-order valence-corrected chi connectivity index (χ2v) is 4.15. The van der Waals surface area contributed by atoms with Gasteiger partial charge in [0.25, 0.3) is 0 Å². The fourth-order valence-electron chi connectivity index (χ4n) is 2.09. The van der Waals surface area contributed by atoms with Crippen LogP contribution in [-0.4, -0.2) is 29.0 Å². The van der Waals surface area contributed by atoms with Gasteiger partial charge in [0, 0.05) is 12.6 Å². The Bertz CT molecular complexity index is 593. The van der Waals surface area contributed by atoms with Crippen molar-refractivity contribution < 1.29 is 9.47 Å². The van der Waals surface area contributed by atoms with Crippen LogP contribution in [0, 0.1) is 6.92 Å². The number of rotatable bonds is 4. The Labute approximate surface area is 112 Å². The van der Waals surface area contributed by atoms with Gasteiger partial charge in [-0.2, -0.15) is 5.10 Å². The average Bonchev–Trinajstić information content (AvgIpc) is 2.79. The van der Waals surface area contributed by atoms with Crippen LogP contribution in [0.3, 0.4) is 0 Å². The summed E-state index contributed by atoms with van der Waals surface area (Å²) in [6.45, 7) is 2.26. The summed E-state index contributed by atoms with van der Waals surface area (Å²) in [7, 11) is 5.10. The van der Waals surface area contributed by atoms with Crippen LogP contribution in [0.25, 0.3) is 11.4 Å². The molecule has 1 heterocycles. The van der Waals surface area contributed by atoms with Gasteiger partial charge in [0.2, 0.25) is 0 Å². The van der Waals surface area contributed by atoms with E-state index >= 15 is 0 Å². The Morgan fingerprint density at radius 1 is 1.26 bits per heavy atom. The molecule has 0 aliphatic rings. The molecule has 0 aliphatic heterocycles. The highest BCUT2D eigenvalue weighted by atomic mass is 16.5. The normalized spacial score (nSPS) is 10.6. The summed E-state index contributed by atoms with van der Waals surface area (Å²) in [4.78, 5) is 4.41. The Morgan fingerprint density at radius 2 is 2.00 bits per heavy atom. The van der Waals surface area contributed by atoms with Gasteiger partial charge in [0.1, 0.15) is 11.5 Å². The molecule has 19 heavy (non-hydrogen) atoms. The Balaban J connectivity index is 2.61. The van der Waals surface area contributed by atoms with Crippen LogP contribution in [0.15, 0.2) is 12.1 Å². The maximum absolute atomic E-state index is 5.57. The molecule has 2 rings (SSSR count). The second kappa shape index (κ2) is 5.27. The van der Waals surface area contributed by atoms with Crippen molar-refractivity contribution in [2.75, 3.05) is 14.2 Å². The molecule has 0 radical (unpaired) electrons. The predicted octanol–water partition coefficient (Wildman–Crippen LogP) is 1.27. The molecule has 102 valence electrons. The van der Waals surface area contributed by atoms with Gasteiger partial charge in [0.05, 0.1) is 26.3 Å². The summed E-state index contributed by atoms with van der Waals surface area (Å²) in [5.41, 5.74) is 7.37. The van der Waals surface area contributed by atoms with Crippen LogP contribution >= 0.6 is 0 Å². The topological polar surface area (TPSA) is 75.2 Å². The Hall–Kier alpha value is -2.08. The first-order chi connectivity index (χ1) is 9.12. The van der Waals surface area contributed by atoms with Gasteiger partial charge in [-0.25, -0.2) is 9.67 Å². The monoisotopic (exact) mass is 262 g/mol. The molecule has 0 spiro atoms. The van der Waals surface area contributed by atoms with E-state index in [0.29, 0.717) is 12.4 Å². The van der Waals surface area contributed by atoms with Gasteiger partial charge in [-0.1, -0.05) is 0 Å². The number of benzene rings is 1. The maximum Gasteiger partial charge on any atom is 0.164 e. The lowest BCUT2D eigenvalue weighted by Crippen LogP contribution is -2.00. The van der Waals surface area contributed by atoms with E-state index in [1.54, 1.807) is 18.9 Å². The van der Waals surface area contributed by atoms with E-state index in [-0.39, 0.29) is 0 Å². The summed E-state index contributed by atoms with van der Waals surface area (Å²) in [5, 5.41) is 4.25. The largest absolute Gasteiger partial charge is 0.496 e. The molecular weight excluding hydrogens is 244 g/mol. The number of hydrogen-bond donors (Lipinski definition) is 1. The molecule has 6 heteroatoms. The molecule has 0 bridgehead atoms. The van der Waals surface area contributed by atoms with Crippen molar-refractivity contribution in [1.29, 1.82) is 0 Å². The minimum Gasteiger partial charge on any atom is -0.496 e. The molecule has 2 aromatic rings. The number of aromatic nitrogens is 3. The average molecular weight is 262 g/mol. The zero-order valence-corrected chi connectivity index (χ0v) is 11.6. The van der Waals surface area contributed by atoms with E-state index in [9.17, 15) is 0 Å². The molecule has 1 aromatic carbocycles. The molecule has 0 saturated heterocycles. The SMILES string of the molecule is COc1ccc(-c2nc(CN)nn2C)c(OC)c1C. The Kier molecular flexibility index (Phi) is 3.71. The summed E-state index contributed by atoms with van der Waals surface area (Å²) in [6.07, 6.45) is 0. The highest BCUT2D eigenvalue weighted by molar-refractivity contribution is 5.69. The second-order valence-electron chi connectivity index (χ2n) is 4.15. The highest BCUT2D eigenvalue weighted by Gasteiger charge is 2.17. The molecule has 1 aromatic heterocycles. The smallest absolute Gasteiger partial charge is 0.164 e. The van der Waals surface area contributed by atoms with Crippen LogP contribution in [0.2, 0.25) is 0 Å². The predicted molar refractivity (Wildman–Crippen MR) is 72.2 cm³/mol. The number of ether oxygens (including phenoxy) is 2. The molecule has 0 aliphatic carbocycles. The van der Waals surface area contributed by atoms with Crippen molar-refractivity contribution >= 4 is 0 Å². The summed E-state index contributed by atoms with van der Waals surface area (Å²) >= 11 is 0. The van der Waals surface area contributed by atoms with Crippen LogP contribution < -0.4 is 15.2 Å². The quantitative estimate of drug-likeness (QED) is 0.898. The van der Waals surface area contributed by atoms with E-state index in [1.807, 2.05) is 26.1 Å². The lowest BCUT2D eigenvalue weighted by atomic mass is 10.1. The molecular formula is C13H18N4O2. The van der Waals surface area contributed by atoms with Crippen molar-refractivity contribution in [3.05, 3.63) is 23.5 Å². The molecule has 0 saturated carbocycles. The first-order valence-electron chi connectivity index (χ1n) is 5.94. The van der Waals surface area contributed by atoms with Gasteiger partial charge < -0.3 is 15.2 Å². The third-order valence-electron chi connectivity index (χ3n) is 3.01. The van der Waals surface area contributed by atoms with Crippen molar-refractivity contribution in [2.45, 2.75) is 13.5 Å². The minimum atomic E-state index is 0.311. The third-order valence-corrected chi connectivity index (χ3v) is 3.01. The van der Waals surface area contributed by atoms with E-state index in [4.69, 9.17) is 15.2 Å². The van der Waals surface area contributed by atoms with E-state index < -0.39 is 0 Å². The first kappa shape index (κ1) is 13.4. The van der Waals surface area contributed by atoms with Crippen LogP contribution in [0.4, 0.5) is 0 Å². The molecule has 0 unspecified atom stereocenters.